The van der Waals surface area contributed by atoms with Crippen molar-refractivity contribution >= 4 is 0 Å². The molecule has 0 aromatic heterocycles. The van der Waals surface area contributed by atoms with Gasteiger partial charge in [-0.05, 0) is 38.3 Å². The van der Waals surface area contributed by atoms with Gasteiger partial charge < -0.3 is 5.32 Å². The second-order valence-electron chi connectivity index (χ2n) is 4.84. The molecule has 1 aromatic rings. The summed E-state index contributed by atoms with van der Waals surface area (Å²) in [6.45, 7) is 3.39. The zero-order valence-electron chi connectivity index (χ0n) is 8.72. The molecule has 74 valence electrons. The minimum absolute atomic E-state index is 0.508. The number of aryl methyl sites for hydroxylation is 1. The first-order chi connectivity index (χ1) is 6.80. The van der Waals surface area contributed by atoms with Crippen LogP contribution >= 0.6 is 0 Å². The molecular weight excluding hydrogens is 170 g/mol. The molecule has 1 aromatic carbocycles. The molecule has 2 aliphatic rings. The van der Waals surface area contributed by atoms with E-state index in [9.17, 15) is 0 Å². The van der Waals surface area contributed by atoms with Gasteiger partial charge in [0.05, 0.1) is 0 Å². The van der Waals surface area contributed by atoms with Gasteiger partial charge in [-0.1, -0.05) is 29.8 Å². The molecule has 1 aliphatic heterocycles. The van der Waals surface area contributed by atoms with Gasteiger partial charge >= 0.3 is 0 Å². The van der Waals surface area contributed by atoms with Crippen LogP contribution in [0.15, 0.2) is 24.3 Å². The molecule has 0 amide bonds. The van der Waals surface area contributed by atoms with Gasteiger partial charge in [0.15, 0.2) is 0 Å². The highest BCUT2D eigenvalue weighted by Gasteiger charge is 2.52. The van der Waals surface area contributed by atoms with Gasteiger partial charge in [-0.3, -0.25) is 0 Å². The first-order valence-electron chi connectivity index (χ1n) is 5.62. The summed E-state index contributed by atoms with van der Waals surface area (Å²) < 4.78 is 0. The van der Waals surface area contributed by atoms with E-state index in [1.165, 1.54) is 31.4 Å². The minimum atomic E-state index is 0.508. The van der Waals surface area contributed by atoms with Crippen LogP contribution in [-0.2, 0) is 0 Å². The van der Waals surface area contributed by atoms with Crippen molar-refractivity contribution in [3.8, 4) is 0 Å². The molecule has 2 fully saturated rings. The Hall–Kier alpha value is -0.820. The summed E-state index contributed by atoms with van der Waals surface area (Å²) in [7, 11) is 0. The molecule has 3 rings (SSSR count). The third-order valence-corrected chi connectivity index (χ3v) is 3.81. The van der Waals surface area contributed by atoms with Crippen LogP contribution in [0.2, 0.25) is 0 Å². The quantitative estimate of drug-likeness (QED) is 0.712. The fourth-order valence-electron chi connectivity index (χ4n) is 2.90. The second-order valence-corrected chi connectivity index (χ2v) is 4.84. The molecule has 14 heavy (non-hydrogen) atoms. The minimum Gasteiger partial charge on any atom is -0.311 e. The largest absolute Gasteiger partial charge is 0.311 e. The number of hydrogen-bond donors (Lipinski definition) is 1. The Bertz CT molecular complexity index is 352. The highest BCUT2D eigenvalue weighted by molar-refractivity contribution is 5.32. The van der Waals surface area contributed by atoms with Crippen LogP contribution in [0.25, 0.3) is 0 Å². The van der Waals surface area contributed by atoms with E-state index in [0.29, 0.717) is 5.54 Å². The van der Waals surface area contributed by atoms with Crippen molar-refractivity contribution in [3.05, 3.63) is 35.4 Å². The highest BCUT2D eigenvalue weighted by Crippen LogP contribution is 2.51. The van der Waals surface area contributed by atoms with Crippen LogP contribution in [0.5, 0.6) is 0 Å². The Morgan fingerprint density at radius 1 is 1.36 bits per heavy atom. The van der Waals surface area contributed by atoms with Gasteiger partial charge in [0, 0.05) is 11.5 Å². The molecule has 1 atom stereocenters. The fraction of sp³-hybridized carbons (Fsp3) is 0.538. The van der Waals surface area contributed by atoms with E-state index in [0.717, 1.165) is 5.92 Å². The molecule has 0 radical (unpaired) electrons. The highest BCUT2D eigenvalue weighted by atomic mass is 15.1. The molecule has 1 N–H and O–H groups in total. The Kier molecular flexibility index (Phi) is 1.72. The number of nitrogens with one attached hydrogen (secondary N) is 1. The van der Waals surface area contributed by atoms with E-state index >= 15 is 0 Å². The maximum atomic E-state index is 3.67. The Balaban J connectivity index is 1.95. The lowest BCUT2D eigenvalue weighted by Crippen LogP contribution is -2.27. The number of rotatable bonds is 1. The van der Waals surface area contributed by atoms with E-state index in [4.69, 9.17) is 0 Å². The molecular formula is C13H17N. The SMILES string of the molecule is Cc1cccc(C2CCNC23CC3)c1. The van der Waals surface area contributed by atoms with E-state index < -0.39 is 0 Å². The lowest BCUT2D eigenvalue weighted by atomic mass is 9.89. The Morgan fingerprint density at radius 3 is 2.93 bits per heavy atom. The monoisotopic (exact) mass is 187 g/mol. The van der Waals surface area contributed by atoms with Crippen LogP contribution in [0, 0.1) is 6.92 Å². The van der Waals surface area contributed by atoms with Crippen LogP contribution in [-0.4, -0.2) is 12.1 Å². The summed E-state index contributed by atoms with van der Waals surface area (Å²) in [6.07, 6.45) is 4.08. The molecule has 1 unspecified atom stereocenters. The van der Waals surface area contributed by atoms with Crippen LogP contribution in [0.4, 0.5) is 0 Å². The summed E-state index contributed by atoms with van der Waals surface area (Å²) in [5, 5.41) is 3.67. The van der Waals surface area contributed by atoms with Crippen LogP contribution in [0.3, 0.4) is 0 Å². The van der Waals surface area contributed by atoms with Gasteiger partial charge in [0.2, 0.25) is 0 Å². The zero-order valence-corrected chi connectivity index (χ0v) is 8.72. The standard InChI is InChI=1S/C13H17N/c1-10-3-2-4-11(9-10)12-5-8-14-13(12)6-7-13/h2-4,9,12,14H,5-8H2,1H3. The normalized spacial score (nSPS) is 28.2. The van der Waals surface area contributed by atoms with Crippen molar-refractivity contribution in [2.75, 3.05) is 6.54 Å². The van der Waals surface area contributed by atoms with E-state index in [1.807, 2.05) is 0 Å². The second kappa shape index (κ2) is 2.83. The van der Waals surface area contributed by atoms with Crippen molar-refractivity contribution in [3.63, 3.8) is 0 Å². The lowest BCUT2D eigenvalue weighted by molar-refractivity contribution is 0.535. The van der Waals surface area contributed by atoms with E-state index in [1.54, 1.807) is 5.56 Å². The maximum Gasteiger partial charge on any atom is 0.0251 e. The smallest absolute Gasteiger partial charge is 0.0251 e. The summed E-state index contributed by atoms with van der Waals surface area (Å²) >= 11 is 0. The summed E-state index contributed by atoms with van der Waals surface area (Å²) in [5.41, 5.74) is 3.45. The van der Waals surface area contributed by atoms with Crippen LogP contribution in [0.1, 0.15) is 36.3 Å². The van der Waals surface area contributed by atoms with Gasteiger partial charge in [-0.25, -0.2) is 0 Å². The van der Waals surface area contributed by atoms with Crippen LogP contribution < -0.4 is 5.32 Å². The predicted molar refractivity (Wildman–Crippen MR) is 58.5 cm³/mol. The molecule has 1 saturated carbocycles. The molecule has 1 heterocycles. The van der Waals surface area contributed by atoms with Crippen molar-refractivity contribution in [1.82, 2.24) is 5.32 Å². The summed E-state index contributed by atoms with van der Waals surface area (Å²) in [6, 6.07) is 9.03. The molecule has 0 bridgehead atoms. The first kappa shape index (κ1) is 8.49. The average Bonchev–Trinajstić information content (AvgIpc) is 2.78. The summed E-state index contributed by atoms with van der Waals surface area (Å²) in [4.78, 5) is 0. The topological polar surface area (TPSA) is 12.0 Å². The number of hydrogen-bond acceptors (Lipinski definition) is 1. The molecule has 1 nitrogen and oxygen atoms in total. The zero-order chi connectivity index (χ0) is 9.60. The van der Waals surface area contributed by atoms with Gasteiger partial charge in [0.1, 0.15) is 0 Å². The molecule has 1 saturated heterocycles. The van der Waals surface area contributed by atoms with Crippen molar-refractivity contribution in [2.45, 2.75) is 37.6 Å². The van der Waals surface area contributed by atoms with E-state index in [-0.39, 0.29) is 0 Å². The number of benzene rings is 1. The Labute approximate surface area is 85.5 Å². The average molecular weight is 187 g/mol. The van der Waals surface area contributed by atoms with Gasteiger partial charge in [-0.15, -0.1) is 0 Å². The first-order valence-corrected chi connectivity index (χ1v) is 5.62. The third kappa shape index (κ3) is 1.19. The molecule has 1 aliphatic carbocycles. The molecule has 1 spiro atoms. The van der Waals surface area contributed by atoms with Gasteiger partial charge in [-0.2, -0.15) is 0 Å². The van der Waals surface area contributed by atoms with Crippen molar-refractivity contribution < 1.29 is 0 Å². The van der Waals surface area contributed by atoms with Crippen molar-refractivity contribution in [1.29, 1.82) is 0 Å². The Morgan fingerprint density at radius 2 is 2.21 bits per heavy atom. The van der Waals surface area contributed by atoms with E-state index in [2.05, 4.69) is 36.5 Å². The van der Waals surface area contributed by atoms with Crippen molar-refractivity contribution in [2.24, 2.45) is 0 Å². The maximum absolute atomic E-state index is 3.67. The third-order valence-electron chi connectivity index (χ3n) is 3.81. The predicted octanol–water partition coefficient (Wildman–Crippen LogP) is 2.60. The van der Waals surface area contributed by atoms with Gasteiger partial charge in [0.25, 0.3) is 0 Å². The lowest BCUT2D eigenvalue weighted by Gasteiger charge is -2.19. The summed E-state index contributed by atoms with van der Waals surface area (Å²) in [5.74, 6) is 0.780. The fourth-order valence-corrected chi connectivity index (χ4v) is 2.90. The molecule has 1 heteroatoms.